The summed E-state index contributed by atoms with van der Waals surface area (Å²) in [6, 6.07) is 16.9. The average molecular weight is 638 g/mol. The molecule has 0 aliphatic rings. The molecular formula is C28H23ClF3N3O5S2. The molecule has 0 aliphatic heterocycles. The van der Waals surface area contributed by atoms with Crippen LogP contribution in [0.15, 0.2) is 60.7 Å². The maximum Gasteiger partial charge on any atom is 0.573 e. The summed E-state index contributed by atoms with van der Waals surface area (Å²) in [6.07, 6.45) is -3.90. The molecule has 4 rings (SSSR count). The molecule has 0 spiro atoms. The Hall–Kier alpha value is -3.99. The van der Waals surface area contributed by atoms with E-state index in [0.29, 0.717) is 32.8 Å². The first-order chi connectivity index (χ1) is 19.5. The van der Waals surface area contributed by atoms with Crippen molar-refractivity contribution in [3.05, 3.63) is 81.7 Å². The van der Waals surface area contributed by atoms with Crippen LogP contribution in [0.3, 0.4) is 0 Å². The fourth-order valence-corrected chi connectivity index (χ4v) is 5.87. The van der Waals surface area contributed by atoms with Crippen LogP contribution < -0.4 is 19.5 Å². The molecule has 1 heterocycles. The predicted molar refractivity (Wildman–Crippen MR) is 156 cm³/mol. The van der Waals surface area contributed by atoms with E-state index in [2.05, 4.69) is 14.8 Å². The van der Waals surface area contributed by atoms with Crippen LogP contribution in [0.2, 0.25) is 5.02 Å². The molecule has 1 aromatic heterocycles. The zero-order valence-electron chi connectivity index (χ0n) is 22.3. The number of sulfonamides is 1. The standard InChI is InChI=1S/C28H23ClF3N3O5S2/c1-27(2,18-12-22(39-7-6-33)15-23(13-18)40-28(30,31)32)17-10-19(29)14-21(11-17)34-26(36)25-9-16-8-20(35-42(3,37)38)4-5-24(16)41-25/h4-5,8-15,35H,7H2,1-3H3,(H,34,36). The first-order valence-electron chi connectivity index (χ1n) is 12.1. The highest BCUT2D eigenvalue weighted by Gasteiger charge is 2.33. The van der Waals surface area contributed by atoms with E-state index in [9.17, 15) is 26.4 Å². The van der Waals surface area contributed by atoms with E-state index >= 15 is 0 Å². The van der Waals surface area contributed by atoms with Gasteiger partial charge in [-0.1, -0.05) is 25.4 Å². The molecule has 220 valence electrons. The van der Waals surface area contributed by atoms with Crippen molar-refractivity contribution in [2.45, 2.75) is 25.6 Å². The number of thiophene rings is 1. The second-order valence-electron chi connectivity index (χ2n) is 9.73. The van der Waals surface area contributed by atoms with Crippen molar-refractivity contribution in [1.82, 2.24) is 0 Å². The highest BCUT2D eigenvalue weighted by molar-refractivity contribution is 7.92. The zero-order valence-corrected chi connectivity index (χ0v) is 24.7. The van der Waals surface area contributed by atoms with Crippen LogP contribution in [0.1, 0.15) is 34.6 Å². The molecule has 0 bridgehead atoms. The van der Waals surface area contributed by atoms with Crippen LogP contribution in [-0.4, -0.2) is 33.5 Å². The Kier molecular flexibility index (Phi) is 8.63. The maximum atomic E-state index is 13.1. The predicted octanol–water partition coefficient (Wildman–Crippen LogP) is 7.31. The van der Waals surface area contributed by atoms with Crippen LogP contribution in [0, 0.1) is 11.3 Å². The van der Waals surface area contributed by atoms with Crippen molar-refractivity contribution in [3.63, 3.8) is 0 Å². The lowest BCUT2D eigenvalue weighted by atomic mass is 9.78. The van der Waals surface area contributed by atoms with Crippen LogP contribution in [0.25, 0.3) is 10.1 Å². The topological polar surface area (TPSA) is 118 Å². The van der Waals surface area contributed by atoms with Crippen molar-refractivity contribution in [1.29, 1.82) is 5.26 Å². The summed E-state index contributed by atoms with van der Waals surface area (Å²) in [5, 5.41) is 12.6. The summed E-state index contributed by atoms with van der Waals surface area (Å²) in [5.74, 6) is -0.944. The minimum absolute atomic E-state index is 0.0107. The fourth-order valence-electron chi connectivity index (χ4n) is 4.14. The summed E-state index contributed by atoms with van der Waals surface area (Å²) in [6.45, 7) is 3.12. The molecule has 0 radical (unpaired) electrons. The Morgan fingerprint density at radius 3 is 2.36 bits per heavy atom. The monoisotopic (exact) mass is 637 g/mol. The van der Waals surface area contributed by atoms with Gasteiger partial charge in [0.1, 0.15) is 17.6 Å². The Labute approximate surface area is 248 Å². The second kappa shape index (κ2) is 11.7. The van der Waals surface area contributed by atoms with Gasteiger partial charge in [0.2, 0.25) is 10.0 Å². The van der Waals surface area contributed by atoms with Gasteiger partial charge in [-0.05, 0) is 71.1 Å². The molecule has 0 fully saturated rings. The number of amides is 1. The van der Waals surface area contributed by atoms with Gasteiger partial charge in [0.25, 0.3) is 5.91 Å². The number of carbonyl (C=O) groups excluding carboxylic acids is 1. The van der Waals surface area contributed by atoms with Gasteiger partial charge in [0.15, 0.2) is 6.61 Å². The second-order valence-corrected chi connectivity index (χ2v) is 13.0. The Bertz CT molecular complexity index is 1820. The van der Waals surface area contributed by atoms with Gasteiger partial charge in [-0.25, -0.2) is 8.42 Å². The Balaban J connectivity index is 1.64. The summed E-state index contributed by atoms with van der Waals surface area (Å²) in [5.41, 5.74) is 0.688. The van der Waals surface area contributed by atoms with Gasteiger partial charge in [-0.15, -0.1) is 24.5 Å². The molecule has 14 heteroatoms. The molecule has 4 aromatic rings. The minimum atomic E-state index is -4.94. The van der Waals surface area contributed by atoms with Crippen LogP contribution in [0.5, 0.6) is 11.5 Å². The Morgan fingerprint density at radius 1 is 1.00 bits per heavy atom. The van der Waals surface area contributed by atoms with Gasteiger partial charge in [0.05, 0.1) is 11.1 Å². The number of nitrogens with zero attached hydrogens (tertiary/aromatic N) is 1. The van der Waals surface area contributed by atoms with E-state index in [1.54, 1.807) is 56.3 Å². The molecule has 0 saturated heterocycles. The number of anilines is 2. The first kappa shape index (κ1) is 31.0. The summed E-state index contributed by atoms with van der Waals surface area (Å²) in [4.78, 5) is 13.5. The number of ether oxygens (including phenoxy) is 2. The molecule has 0 unspecified atom stereocenters. The lowest BCUT2D eigenvalue weighted by molar-refractivity contribution is -0.274. The number of hydrogen-bond acceptors (Lipinski definition) is 7. The third-order valence-corrected chi connectivity index (χ3v) is 8.00. The molecule has 3 aromatic carbocycles. The number of nitriles is 1. The lowest BCUT2D eigenvalue weighted by Gasteiger charge is -2.28. The molecule has 2 N–H and O–H groups in total. The quantitative estimate of drug-likeness (QED) is 0.199. The molecule has 0 saturated carbocycles. The molecular weight excluding hydrogens is 615 g/mol. The van der Waals surface area contributed by atoms with E-state index in [-0.39, 0.29) is 17.4 Å². The smallest absolute Gasteiger partial charge is 0.479 e. The summed E-state index contributed by atoms with van der Waals surface area (Å²) < 4.78 is 74.6. The summed E-state index contributed by atoms with van der Waals surface area (Å²) in [7, 11) is -3.47. The van der Waals surface area contributed by atoms with Crippen molar-refractivity contribution in [2.24, 2.45) is 0 Å². The number of hydrogen-bond donors (Lipinski definition) is 2. The largest absolute Gasteiger partial charge is 0.573 e. The highest BCUT2D eigenvalue weighted by Crippen LogP contribution is 2.39. The SMILES string of the molecule is CC(C)(c1cc(Cl)cc(NC(=O)c2cc3cc(NS(C)(=O)=O)ccc3s2)c1)c1cc(OCC#N)cc(OC(F)(F)F)c1. The molecule has 42 heavy (non-hydrogen) atoms. The fraction of sp³-hybridized carbons (Fsp3) is 0.214. The van der Waals surface area contributed by atoms with Crippen LogP contribution in [0.4, 0.5) is 24.5 Å². The van der Waals surface area contributed by atoms with Crippen molar-refractivity contribution in [2.75, 3.05) is 22.9 Å². The number of halogens is 4. The van der Waals surface area contributed by atoms with E-state index < -0.39 is 33.5 Å². The third kappa shape index (κ3) is 7.84. The van der Waals surface area contributed by atoms with Gasteiger partial charge < -0.3 is 14.8 Å². The van der Waals surface area contributed by atoms with E-state index in [0.717, 1.165) is 17.0 Å². The van der Waals surface area contributed by atoms with Crippen LogP contribution in [-0.2, 0) is 15.4 Å². The number of rotatable bonds is 9. The summed E-state index contributed by atoms with van der Waals surface area (Å²) >= 11 is 7.60. The van der Waals surface area contributed by atoms with Crippen molar-refractivity contribution in [3.8, 4) is 17.6 Å². The zero-order chi connectivity index (χ0) is 30.9. The van der Waals surface area contributed by atoms with E-state index in [4.69, 9.17) is 21.6 Å². The van der Waals surface area contributed by atoms with Crippen molar-refractivity contribution >= 4 is 60.3 Å². The number of carbonyl (C=O) groups is 1. The molecule has 0 aliphatic carbocycles. The lowest BCUT2D eigenvalue weighted by Crippen LogP contribution is -2.21. The Morgan fingerprint density at radius 2 is 1.69 bits per heavy atom. The number of benzene rings is 3. The number of fused-ring (bicyclic) bond motifs is 1. The third-order valence-electron chi connectivity index (χ3n) is 6.06. The molecule has 0 atom stereocenters. The van der Waals surface area contributed by atoms with E-state index in [1.165, 1.54) is 29.5 Å². The average Bonchev–Trinajstić information content (AvgIpc) is 3.28. The molecule has 1 amide bonds. The normalized spacial score (nSPS) is 12.0. The maximum absolute atomic E-state index is 13.1. The molecule has 8 nitrogen and oxygen atoms in total. The van der Waals surface area contributed by atoms with Crippen LogP contribution >= 0.6 is 22.9 Å². The van der Waals surface area contributed by atoms with Gasteiger partial charge in [0, 0.05) is 32.6 Å². The number of alkyl halides is 3. The van der Waals surface area contributed by atoms with Gasteiger partial charge >= 0.3 is 6.36 Å². The highest BCUT2D eigenvalue weighted by atomic mass is 35.5. The first-order valence-corrected chi connectivity index (χ1v) is 15.2. The number of nitrogens with one attached hydrogen (secondary N) is 2. The minimum Gasteiger partial charge on any atom is -0.479 e. The van der Waals surface area contributed by atoms with Gasteiger partial charge in [-0.2, -0.15) is 5.26 Å². The van der Waals surface area contributed by atoms with Crippen molar-refractivity contribution < 1.29 is 35.9 Å². The van der Waals surface area contributed by atoms with Gasteiger partial charge in [-0.3, -0.25) is 9.52 Å². The van der Waals surface area contributed by atoms with E-state index in [1.807, 2.05) is 0 Å².